The Morgan fingerprint density at radius 2 is 1.93 bits per heavy atom. The summed E-state index contributed by atoms with van der Waals surface area (Å²) >= 11 is 0. The Balaban J connectivity index is 1.37. The maximum atomic E-state index is 12.7. The average molecular weight is 387 g/mol. The summed E-state index contributed by atoms with van der Waals surface area (Å²) < 4.78 is 1.85. The summed E-state index contributed by atoms with van der Waals surface area (Å²) in [5.41, 5.74) is 5.74. The quantitative estimate of drug-likeness (QED) is 0.471. The van der Waals surface area contributed by atoms with E-state index in [1.807, 2.05) is 60.1 Å². The lowest BCUT2D eigenvalue weighted by molar-refractivity contribution is 0.0952. The van der Waals surface area contributed by atoms with Gasteiger partial charge in [-0.05, 0) is 44.0 Å². The molecule has 4 rings (SSSR count). The van der Waals surface area contributed by atoms with Crippen LogP contribution in [0.2, 0.25) is 0 Å². The number of carbonyl (C=O) groups is 1. The van der Waals surface area contributed by atoms with Gasteiger partial charge < -0.3 is 10.3 Å². The molecule has 148 valence electrons. The fourth-order valence-corrected chi connectivity index (χ4v) is 3.49. The number of hydrogen-bond acceptors (Lipinski definition) is 3. The molecule has 6 heteroatoms. The molecule has 2 N–H and O–H groups in total. The number of rotatable bonds is 7. The van der Waals surface area contributed by atoms with Crippen molar-refractivity contribution in [3.8, 4) is 5.69 Å². The molecule has 0 aliphatic heterocycles. The van der Waals surface area contributed by atoms with Crippen LogP contribution in [0.5, 0.6) is 0 Å². The van der Waals surface area contributed by atoms with Crippen molar-refractivity contribution in [1.29, 1.82) is 0 Å². The molecule has 0 fully saturated rings. The minimum absolute atomic E-state index is 0.0789. The number of imidazole rings is 1. The zero-order valence-corrected chi connectivity index (χ0v) is 16.8. The molecule has 29 heavy (non-hydrogen) atoms. The van der Waals surface area contributed by atoms with Gasteiger partial charge in [-0.25, -0.2) is 9.67 Å². The third kappa shape index (κ3) is 4.06. The number of aryl methyl sites for hydroxylation is 2. The number of benzene rings is 2. The lowest BCUT2D eigenvalue weighted by Crippen LogP contribution is -2.25. The van der Waals surface area contributed by atoms with E-state index in [4.69, 9.17) is 0 Å². The molecule has 2 aromatic heterocycles. The number of para-hydroxylation sites is 2. The van der Waals surface area contributed by atoms with Crippen LogP contribution < -0.4 is 5.32 Å². The van der Waals surface area contributed by atoms with Gasteiger partial charge in [0.2, 0.25) is 0 Å². The van der Waals surface area contributed by atoms with E-state index in [0.717, 1.165) is 47.5 Å². The number of nitrogens with zero attached hydrogens (tertiary/aromatic N) is 3. The minimum Gasteiger partial charge on any atom is -0.352 e. The van der Waals surface area contributed by atoms with Gasteiger partial charge in [-0.15, -0.1) is 0 Å². The SMILES string of the molecule is CCc1c(C(=O)NCCCc2nc3ccccc3[nH]2)cnn1-c1ccc(C)cc1. The van der Waals surface area contributed by atoms with Gasteiger partial charge in [-0.2, -0.15) is 5.10 Å². The van der Waals surface area contributed by atoms with Crippen molar-refractivity contribution in [2.75, 3.05) is 6.54 Å². The number of aromatic amines is 1. The molecule has 0 atom stereocenters. The zero-order chi connectivity index (χ0) is 20.2. The van der Waals surface area contributed by atoms with Gasteiger partial charge in [-0.1, -0.05) is 36.8 Å². The number of carbonyl (C=O) groups excluding carboxylic acids is 1. The first-order chi connectivity index (χ1) is 14.2. The molecule has 0 spiro atoms. The first kappa shape index (κ1) is 18.9. The van der Waals surface area contributed by atoms with Crippen LogP contribution in [0.15, 0.2) is 54.7 Å². The van der Waals surface area contributed by atoms with Gasteiger partial charge in [0.25, 0.3) is 5.91 Å². The third-order valence-electron chi connectivity index (χ3n) is 5.04. The molecule has 0 unspecified atom stereocenters. The topological polar surface area (TPSA) is 75.6 Å². The smallest absolute Gasteiger partial charge is 0.254 e. The molecule has 0 saturated carbocycles. The van der Waals surface area contributed by atoms with Crippen LogP contribution in [0.3, 0.4) is 0 Å². The Bertz CT molecular complexity index is 1090. The molecule has 0 saturated heterocycles. The Labute approximate surface area is 170 Å². The lowest BCUT2D eigenvalue weighted by Gasteiger charge is -2.09. The van der Waals surface area contributed by atoms with Crippen molar-refractivity contribution in [1.82, 2.24) is 25.1 Å². The van der Waals surface area contributed by atoms with E-state index >= 15 is 0 Å². The molecule has 4 aromatic rings. The summed E-state index contributed by atoms with van der Waals surface area (Å²) in [5, 5.41) is 7.47. The maximum absolute atomic E-state index is 12.7. The van der Waals surface area contributed by atoms with Gasteiger partial charge in [0.1, 0.15) is 5.82 Å². The van der Waals surface area contributed by atoms with Gasteiger partial charge in [0, 0.05) is 13.0 Å². The first-order valence-electron chi connectivity index (χ1n) is 10.0. The number of hydrogen-bond donors (Lipinski definition) is 2. The number of amides is 1. The van der Waals surface area contributed by atoms with E-state index < -0.39 is 0 Å². The Hall–Kier alpha value is -3.41. The summed E-state index contributed by atoms with van der Waals surface area (Å²) in [6.45, 7) is 4.69. The summed E-state index contributed by atoms with van der Waals surface area (Å²) in [7, 11) is 0. The molecular weight excluding hydrogens is 362 g/mol. The molecule has 0 aliphatic rings. The number of H-pyrrole nitrogens is 1. The highest BCUT2D eigenvalue weighted by Gasteiger charge is 2.16. The first-order valence-corrected chi connectivity index (χ1v) is 10.0. The van der Waals surface area contributed by atoms with Crippen molar-refractivity contribution >= 4 is 16.9 Å². The highest BCUT2D eigenvalue weighted by atomic mass is 16.1. The summed E-state index contributed by atoms with van der Waals surface area (Å²) in [4.78, 5) is 20.6. The largest absolute Gasteiger partial charge is 0.352 e. The minimum atomic E-state index is -0.0789. The predicted molar refractivity (Wildman–Crippen MR) is 114 cm³/mol. The van der Waals surface area contributed by atoms with Crippen LogP contribution in [0.4, 0.5) is 0 Å². The van der Waals surface area contributed by atoms with Gasteiger partial charge in [-0.3, -0.25) is 4.79 Å². The lowest BCUT2D eigenvalue weighted by atomic mass is 10.1. The molecule has 0 radical (unpaired) electrons. The fourth-order valence-electron chi connectivity index (χ4n) is 3.49. The molecule has 0 bridgehead atoms. The van der Waals surface area contributed by atoms with E-state index in [1.54, 1.807) is 6.20 Å². The number of fused-ring (bicyclic) bond motifs is 1. The standard InChI is InChI=1S/C23H25N5O/c1-3-21-18(15-25-28(21)17-12-10-16(2)11-13-17)23(29)24-14-6-9-22-26-19-7-4-5-8-20(19)27-22/h4-5,7-8,10-13,15H,3,6,9,14H2,1-2H3,(H,24,29)(H,26,27). The van der Waals surface area contributed by atoms with Crippen LogP contribution in [0.25, 0.3) is 16.7 Å². The van der Waals surface area contributed by atoms with Gasteiger partial charge in [0.15, 0.2) is 0 Å². The normalized spacial score (nSPS) is 11.1. The average Bonchev–Trinajstić information content (AvgIpc) is 3.35. The Kier molecular flexibility index (Phi) is 5.42. The Morgan fingerprint density at radius 3 is 2.69 bits per heavy atom. The second-order valence-corrected chi connectivity index (χ2v) is 7.17. The highest BCUT2D eigenvalue weighted by molar-refractivity contribution is 5.95. The van der Waals surface area contributed by atoms with Crippen molar-refractivity contribution in [3.63, 3.8) is 0 Å². The monoisotopic (exact) mass is 387 g/mol. The fraction of sp³-hybridized carbons (Fsp3) is 0.261. The van der Waals surface area contributed by atoms with Crippen molar-refractivity contribution in [2.45, 2.75) is 33.1 Å². The summed E-state index contributed by atoms with van der Waals surface area (Å²) in [6.07, 6.45) is 4.00. The molecule has 2 heterocycles. The molecular formula is C23H25N5O. The van der Waals surface area contributed by atoms with Crippen LogP contribution in [-0.4, -0.2) is 32.2 Å². The van der Waals surface area contributed by atoms with Gasteiger partial charge in [0.05, 0.1) is 34.2 Å². The van der Waals surface area contributed by atoms with E-state index in [0.29, 0.717) is 12.1 Å². The molecule has 0 aliphatic carbocycles. The predicted octanol–water partition coefficient (Wildman–Crippen LogP) is 3.98. The molecule has 6 nitrogen and oxygen atoms in total. The van der Waals surface area contributed by atoms with Crippen LogP contribution in [0, 0.1) is 6.92 Å². The maximum Gasteiger partial charge on any atom is 0.254 e. The molecule has 1 amide bonds. The van der Waals surface area contributed by atoms with Crippen molar-refractivity contribution in [2.24, 2.45) is 0 Å². The van der Waals surface area contributed by atoms with E-state index in [2.05, 4.69) is 27.3 Å². The van der Waals surface area contributed by atoms with Crippen LogP contribution in [0.1, 0.15) is 40.8 Å². The van der Waals surface area contributed by atoms with E-state index in [9.17, 15) is 4.79 Å². The van der Waals surface area contributed by atoms with Crippen molar-refractivity contribution in [3.05, 3.63) is 77.4 Å². The Morgan fingerprint density at radius 1 is 1.14 bits per heavy atom. The van der Waals surface area contributed by atoms with Crippen LogP contribution in [-0.2, 0) is 12.8 Å². The summed E-state index contributed by atoms with van der Waals surface area (Å²) in [6, 6.07) is 16.1. The second kappa shape index (κ2) is 8.31. The molecule has 2 aromatic carbocycles. The third-order valence-corrected chi connectivity index (χ3v) is 5.04. The van der Waals surface area contributed by atoms with E-state index in [1.165, 1.54) is 5.56 Å². The van der Waals surface area contributed by atoms with E-state index in [-0.39, 0.29) is 5.91 Å². The number of nitrogens with one attached hydrogen (secondary N) is 2. The zero-order valence-electron chi connectivity index (χ0n) is 16.8. The summed E-state index contributed by atoms with van der Waals surface area (Å²) in [5.74, 6) is 0.867. The number of aromatic nitrogens is 4. The van der Waals surface area contributed by atoms with Gasteiger partial charge >= 0.3 is 0 Å². The second-order valence-electron chi connectivity index (χ2n) is 7.17. The highest BCUT2D eigenvalue weighted by Crippen LogP contribution is 2.17. The van der Waals surface area contributed by atoms with Crippen LogP contribution >= 0.6 is 0 Å². The van der Waals surface area contributed by atoms with Crippen molar-refractivity contribution < 1.29 is 4.79 Å².